The Morgan fingerprint density at radius 3 is 2.73 bits per heavy atom. The van der Waals surface area contributed by atoms with Crippen molar-refractivity contribution in [3.8, 4) is 11.3 Å². The number of carbonyl (C=O) groups is 1. The molecule has 1 unspecified atom stereocenters. The zero-order valence-electron chi connectivity index (χ0n) is 13.1. The van der Waals surface area contributed by atoms with E-state index in [1.807, 2.05) is 30.3 Å². The van der Waals surface area contributed by atoms with Crippen LogP contribution in [0.1, 0.15) is 42.3 Å². The number of amides is 1. The Hall–Kier alpha value is -2.14. The molecule has 118 valence electrons. The lowest BCUT2D eigenvalue weighted by Crippen LogP contribution is -2.40. The van der Waals surface area contributed by atoms with Gasteiger partial charge in [-0.1, -0.05) is 55.3 Å². The fourth-order valence-corrected chi connectivity index (χ4v) is 2.39. The van der Waals surface area contributed by atoms with E-state index in [2.05, 4.69) is 17.4 Å². The van der Waals surface area contributed by atoms with Crippen LogP contribution in [0.3, 0.4) is 0 Å². The SMILES string of the molecule is CCCCC(CN)NC(=O)c1c(-c2ccccc2)noc1C. The highest BCUT2D eigenvalue weighted by Gasteiger charge is 2.23. The number of benzene rings is 1. The van der Waals surface area contributed by atoms with Crippen LogP contribution in [0.25, 0.3) is 11.3 Å². The van der Waals surface area contributed by atoms with E-state index in [4.69, 9.17) is 10.3 Å². The van der Waals surface area contributed by atoms with Crippen LogP contribution >= 0.6 is 0 Å². The van der Waals surface area contributed by atoms with Gasteiger partial charge in [-0.15, -0.1) is 0 Å². The number of aryl methyl sites for hydroxylation is 1. The van der Waals surface area contributed by atoms with Crippen LogP contribution in [0, 0.1) is 6.92 Å². The molecule has 1 amide bonds. The summed E-state index contributed by atoms with van der Waals surface area (Å²) in [5, 5.41) is 7.03. The van der Waals surface area contributed by atoms with Crippen molar-refractivity contribution in [2.75, 3.05) is 6.54 Å². The molecule has 5 nitrogen and oxygen atoms in total. The number of carbonyl (C=O) groups excluding carboxylic acids is 1. The van der Waals surface area contributed by atoms with Crippen molar-refractivity contribution < 1.29 is 9.32 Å². The molecular weight excluding hydrogens is 278 g/mol. The highest BCUT2D eigenvalue weighted by Crippen LogP contribution is 2.25. The number of nitrogens with one attached hydrogen (secondary N) is 1. The van der Waals surface area contributed by atoms with E-state index >= 15 is 0 Å². The number of nitrogens with zero attached hydrogens (tertiary/aromatic N) is 1. The zero-order valence-corrected chi connectivity index (χ0v) is 13.1. The van der Waals surface area contributed by atoms with E-state index in [0.29, 0.717) is 23.6 Å². The summed E-state index contributed by atoms with van der Waals surface area (Å²) in [4.78, 5) is 12.6. The molecule has 1 aromatic carbocycles. The molecule has 0 spiro atoms. The molecule has 0 bridgehead atoms. The molecule has 0 aliphatic rings. The highest BCUT2D eigenvalue weighted by atomic mass is 16.5. The first kappa shape index (κ1) is 16.2. The molecule has 0 aliphatic carbocycles. The van der Waals surface area contributed by atoms with Gasteiger partial charge in [0.05, 0.1) is 0 Å². The molecule has 0 aliphatic heterocycles. The van der Waals surface area contributed by atoms with Gasteiger partial charge in [0, 0.05) is 18.2 Å². The van der Waals surface area contributed by atoms with Crippen LogP contribution in [-0.4, -0.2) is 23.7 Å². The Bertz CT molecular complexity index is 608. The third-order valence-electron chi connectivity index (χ3n) is 3.66. The molecule has 1 aromatic heterocycles. The van der Waals surface area contributed by atoms with Gasteiger partial charge in [-0.2, -0.15) is 0 Å². The monoisotopic (exact) mass is 301 g/mol. The molecule has 0 saturated carbocycles. The maximum atomic E-state index is 12.6. The first-order valence-corrected chi connectivity index (χ1v) is 7.70. The number of unbranched alkanes of at least 4 members (excludes halogenated alkanes) is 1. The average molecular weight is 301 g/mol. The largest absolute Gasteiger partial charge is 0.360 e. The molecule has 2 rings (SSSR count). The summed E-state index contributed by atoms with van der Waals surface area (Å²) in [6, 6.07) is 9.53. The molecule has 0 radical (unpaired) electrons. The maximum absolute atomic E-state index is 12.6. The van der Waals surface area contributed by atoms with Gasteiger partial charge in [0.1, 0.15) is 17.0 Å². The van der Waals surface area contributed by atoms with Crippen molar-refractivity contribution >= 4 is 5.91 Å². The lowest BCUT2D eigenvalue weighted by Gasteiger charge is -2.16. The van der Waals surface area contributed by atoms with Gasteiger partial charge in [-0.05, 0) is 13.3 Å². The molecular formula is C17H23N3O2. The number of aromatic nitrogens is 1. The number of nitrogens with two attached hydrogens (primary N) is 1. The second-order valence-electron chi connectivity index (χ2n) is 5.38. The van der Waals surface area contributed by atoms with E-state index < -0.39 is 0 Å². The summed E-state index contributed by atoms with van der Waals surface area (Å²) in [5.41, 5.74) is 7.67. The Kier molecular flexibility index (Phi) is 5.72. The minimum atomic E-state index is -0.177. The smallest absolute Gasteiger partial charge is 0.257 e. The van der Waals surface area contributed by atoms with Crippen molar-refractivity contribution in [2.45, 2.75) is 39.2 Å². The van der Waals surface area contributed by atoms with Crippen LogP contribution in [0.4, 0.5) is 0 Å². The Labute approximate surface area is 130 Å². The molecule has 1 heterocycles. The fourth-order valence-electron chi connectivity index (χ4n) is 2.39. The second kappa shape index (κ2) is 7.75. The minimum absolute atomic E-state index is 0.0228. The van der Waals surface area contributed by atoms with Crippen LogP contribution in [-0.2, 0) is 0 Å². The normalized spacial score (nSPS) is 12.1. The summed E-state index contributed by atoms with van der Waals surface area (Å²) in [6.07, 6.45) is 2.99. The Morgan fingerprint density at radius 1 is 1.36 bits per heavy atom. The third-order valence-corrected chi connectivity index (χ3v) is 3.66. The zero-order chi connectivity index (χ0) is 15.9. The summed E-state index contributed by atoms with van der Waals surface area (Å²) in [6.45, 7) is 4.29. The van der Waals surface area contributed by atoms with Gasteiger partial charge in [0.2, 0.25) is 0 Å². The number of hydrogen-bond acceptors (Lipinski definition) is 4. The predicted octanol–water partition coefficient (Wildman–Crippen LogP) is 2.90. The molecule has 0 saturated heterocycles. The number of hydrogen-bond donors (Lipinski definition) is 2. The van der Waals surface area contributed by atoms with Gasteiger partial charge in [0.15, 0.2) is 0 Å². The van der Waals surface area contributed by atoms with Gasteiger partial charge in [-0.25, -0.2) is 0 Å². The van der Waals surface area contributed by atoms with Gasteiger partial charge < -0.3 is 15.6 Å². The average Bonchev–Trinajstić information content (AvgIpc) is 2.93. The van der Waals surface area contributed by atoms with Crippen LogP contribution in [0.15, 0.2) is 34.9 Å². The van der Waals surface area contributed by atoms with Gasteiger partial charge >= 0.3 is 0 Å². The molecule has 2 aromatic rings. The maximum Gasteiger partial charge on any atom is 0.257 e. The molecule has 0 fully saturated rings. The Morgan fingerprint density at radius 2 is 2.09 bits per heavy atom. The lowest BCUT2D eigenvalue weighted by atomic mass is 10.0. The minimum Gasteiger partial charge on any atom is -0.360 e. The quantitative estimate of drug-likeness (QED) is 0.824. The van der Waals surface area contributed by atoms with Crippen molar-refractivity contribution in [3.05, 3.63) is 41.7 Å². The van der Waals surface area contributed by atoms with E-state index in [1.165, 1.54) is 0 Å². The van der Waals surface area contributed by atoms with E-state index in [0.717, 1.165) is 24.8 Å². The summed E-state index contributed by atoms with van der Waals surface area (Å²) in [7, 11) is 0. The fraction of sp³-hybridized carbons (Fsp3) is 0.412. The topological polar surface area (TPSA) is 81.1 Å². The predicted molar refractivity (Wildman–Crippen MR) is 86.5 cm³/mol. The van der Waals surface area contributed by atoms with Gasteiger partial charge in [-0.3, -0.25) is 4.79 Å². The molecule has 22 heavy (non-hydrogen) atoms. The summed E-state index contributed by atoms with van der Waals surface area (Å²) in [5.74, 6) is 0.340. The van der Waals surface area contributed by atoms with Crippen molar-refractivity contribution in [3.63, 3.8) is 0 Å². The van der Waals surface area contributed by atoms with Crippen molar-refractivity contribution in [1.82, 2.24) is 10.5 Å². The van der Waals surface area contributed by atoms with E-state index in [1.54, 1.807) is 6.92 Å². The van der Waals surface area contributed by atoms with Gasteiger partial charge in [0.25, 0.3) is 5.91 Å². The second-order valence-corrected chi connectivity index (χ2v) is 5.38. The van der Waals surface area contributed by atoms with Crippen molar-refractivity contribution in [2.24, 2.45) is 5.73 Å². The molecule has 3 N–H and O–H groups in total. The standard InChI is InChI=1S/C17H23N3O2/c1-3-4-10-14(11-18)19-17(21)15-12(2)22-20-16(15)13-8-6-5-7-9-13/h5-9,14H,3-4,10-11,18H2,1-2H3,(H,19,21). The van der Waals surface area contributed by atoms with Crippen LogP contribution in [0.5, 0.6) is 0 Å². The van der Waals surface area contributed by atoms with Crippen LogP contribution in [0.2, 0.25) is 0 Å². The summed E-state index contributed by atoms with van der Waals surface area (Å²) >= 11 is 0. The highest BCUT2D eigenvalue weighted by molar-refractivity contribution is 6.00. The molecule has 1 atom stereocenters. The number of rotatable bonds is 7. The first-order chi connectivity index (χ1) is 10.7. The molecule has 5 heteroatoms. The van der Waals surface area contributed by atoms with Crippen molar-refractivity contribution in [1.29, 1.82) is 0 Å². The van der Waals surface area contributed by atoms with E-state index in [9.17, 15) is 4.79 Å². The van der Waals surface area contributed by atoms with E-state index in [-0.39, 0.29) is 11.9 Å². The first-order valence-electron chi connectivity index (χ1n) is 7.70. The van der Waals surface area contributed by atoms with Crippen LogP contribution < -0.4 is 11.1 Å². The third kappa shape index (κ3) is 3.74. The lowest BCUT2D eigenvalue weighted by molar-refractivity contribution is 0.0935. The Balaban J connectivity index is 2.21. The summed E-state index contributed by atoms with van der Waals surface area (Å²) < 4.78 is 5.23.